The first kappa shape index (κ1) is 21.0. The molecule has 2 saturated heterocycles. The number of halogens is 1. The number of aromatic nitrogens is 1. The Morgan fingerprint density at radius 3 is 2.42 bits per heavy atom. The highest BCUT2D eigenvalue weighted by atomic mass is 19.1. The van der Waals surface area contributed by atoms with Crippen LogP contribution in [-0.4, -0.2) is 47.5 Å². The fourth-order valence-corrected chi connectivity index (χ4v) is 4.46. The number of imide groups is 1. The summed E-state index contributed by atoms with van der Waals surface area (Å²) in [6, 6.07) is 7.59. The Hall–Kier alpha value is -3.29. The molecule has 0 radical (unpaired) electrons. The van der Waals surface area contributed by atoms with E-state index in [1.54, 1.807) is 12.1 Å². The SMILES string of the molecule is Cc1cnc(C2CCN(C(=O)c3ccc(C4(CF)NC(=O)NC4=O)cc3)CC2)c(C)c1. The van der Waals surface area contributed by atoms with Crippen molar-refractivity contribution < 1.29 is 18.8 Å². The van der Waals surface area contributed by atoms with Crippen LogP contribution in [0, 0.1) is 13.8 Å². The van der Waals surface area contributed by atoms with Gasteiger partial charge >= 0.3 is 6.03 Å². The highest BCUT2D eigenvalue weighted by Crippen LogP contribution is 2.30. The fraction of sp³-hybridized carbons (Fsp3) is 0.391. The van der Waals surface area contributed by atoms with Gasteiger partial charge in [-0.25, -0.2) is 9.18 Å². The molecular formula is C23H25FN4O3. The third-order valence-corrected chi connectivity index (χ3v) is 6.19. The van der Waals surface area contributed by atoms with E-state index >= 15 is 0 Å². The van der Waals surface area contributed by atoms with Gasteiger partial charge in [0.05, 0.1) is 0 Å². The summed E-state index contributed by atoms with van der Waals surface area (Å²) in [5, 5.41) is 4.41. The van der Waals surface area contributed by atoms with E-state index in [0.717, 1.165) is 24.1 Å². The molecule has 0 bridgehead atoms. The molecule has 2 N–H and O–H groups in total. The largest absolute Gasteiger partial charge is 0.339 e. The molecule has 4 amide bonds. The Bertz CT molecular complexity index is 1030. The van der Waals surface area contributed by atoms with Gasteiger partial charge in [-0.05, 0) is 55.5 Å². The zero-order chi connectivity index (χ0) is 22.2. The predicted octanol–water partition coefficient (Wildman–Crippen LogP) is 2.72. The van der Waals surface area contributed by atoms with Crippen LogP contribution in [-0.2, 0) is 10.3 Å². The highest BCUT2D eigenvalue weighted by Gasteiger charge is 2.48. The van der Waals surface area contributed by atoms with Gasteiger partial charge in [0.15, 0.2) is 5.54 Å². The van der Waals surface area contributed by atoms with Crippen molar-refractivity contribution in [1.82, 2.24) is 20.5 Å². The molecule has 0 spiro atoms. The van der Waals surface area contributed by atoms with Gasteiger partial charge in [0.1, 0.15) is 6.67 Å². The molecular weight excluding hydrogens is 399 g/mol. The molecule has 2 aromatic rings. The fourth-order valence-electron chi connectivity index (χ4n) is 4.46. The molecule has 2 aliphatic heterocycles. The van der Waals surface area contributed by atoms with E-state index in [4.69, 9.17) is 0 Å². The standard InChI is InChI=1S/C23H25FN4O3/c1-14-11-15(2)19(25-12-14)16-7-9-28(10-8-16)20(29)17-3-5-18(6-4-17)23(13-24)21(30)26-22(31)27-23/h3-6,11-12,16H,7-10,13H2,1-2H3,(H2,26,27,30,31). The number of hydrogen-bond donors (Lipinski definition) is 2. The van der Waals surface area contributed by atoms with Crippen LogP contribution in [0.4, 0.5) is 9.18 Å². The maximum Gasteiger partial charge on any atom is 0.322 e. The third kappa shape index (κ3) is 3.78. The van der Waals surface area contributed by atoms with Crippen molar-refractivity contribution in [3.05, 3.63) is 64.5 Å². The zero-order valence-electron chi connectivity index (χ0n) is 17.6. The lowest BCUT2D eigenvalue weighted by atomic mass is 9.89. The van der Waals surface area contributed by atoms with Crippen molar-refractivity contribution in [1.29, 1.82) is 0 Å². The van der Waals surface area contributed by atoms with Crippen LogP contribution >= 0.6 is 0 Å². The van der Waals surface area contributed by atoms with Gasteiger partial charge in [0.25, 0.3) is 11.8 Å². The van der Waals surface area contributed by atoms with Crippen LogP contribution in [0.5, 0.6) is 0 Å². The van der Waals surface area contributed by atoms with E-state index in [1.807, 2.05) is 18.0 Å². The number of aryl methyl sites for hydroxylation is 2. The first-order chi connectivity index (χ1) is 14.8. The second kappa shape index (κ2) is 8.09. The Morgan fingerprint density at radius 2 is 1.87 bits per heavy atom. The number of alkyl halides is 1. The maximum atomic E-state index is 13.7. The van der Waals surface area contributed by atoms with E-state index in [9.17, 15) is 18.8 Å². The second-order valence-electron chi connectivity index (χ2n) is 8.31. The molecule has 2 aliphatic rings. The van der Waals surface area contributed by atoms with Gasteiger partial charge in [-0.15, -0.1) is 0 Å². The molecule has 4 rings (SSSR count). The summed E-state index contributed by atoms with van der Waals surface area (Å²) in [4.78, 5) is 42.9. The van der Waals surface area contributed by atoms with Gasteiger partial charge in [0.2, 0.25) is 0 Å². The van der Waals surface area contributed by atoms with Crippen LogP contribution < -0.4 is 10.6 Å². The Morgan fingerprint density at radius 1 is 1.19 bits per heavy atom. The molecule has 162 valence electrons. The van der Waals surface area contributed by atoms with Crippen molar-refractivity contribution in [3.63, 3.8) is 0 Å². The number of pyridine rings is 1. The summed E-state index contributed by atoms with van der Waals surface area (Å²) < 4.78 is 13.7. The van der Waals surface area contributed by atoms with Crippen LogP contribution in [0.15, 0.2) is 36.5 Å². The number of carbonyl (C=O) groups excluding carboxylic acids is 3. The summed E-state index contributed by atoms with van der Waals surface area (Å²) in [6.07, 6.45) is 3.58. The van der Waals surface area contributed by atoms with Crippen molar-refractivity contribution in [2.75, 3.05) is 19.8 Å². The number of urea groups is 1. The normalized spacial score (nSPS) is 21.7. The monoisotopic (exact) mass is 424 g/mol. The minimum atomic E-state index is -1.74. The minimum absolute atomic E-state index is 0.104. The molecule has 2 fully saturated rings. The second-order valence-corrected chi connectivity index (χ2v) is 8.31. The number of amides is 4. The number of rotatable bonds is 4. The van der Waals surface area contributed by atoms with Crippen LogP contribution in [0.1, 0.15) is 51.5 Å². The predicted molar refractivity (Wildman–Crippen MR) is 112 cm³/mol. The topological polar surface area (TPSA) is 91.4 Å². The van der Waals surface area contributed by atoms with Crippen molar-refractivity contribution in [3.8, 4) is 0 Å². The first-order valence-corrected chi connectivity index (χ1v) is 10.4. The number of nitrogens with one attached hydrogen (secondary N) is 2. The molecule has 7 nitrogen and oxygen atoms in total. The molecule has 1 atom stereocenters. The average Bonchev–Trinajstić information content (AvgIpc) is 3.07. The van der Waals surface area contributed by atoms with E-state index in [2.05, 4.69) is 28.6 Å². The number of hydrogen-bond acceptors (Lipinski definition) is 4. The lowest BCUT2D eigenvalue weighted by Gasteiger charge is -2.32. The first-order valence-electron chi connectivity index (χ1n) is 10.4. The van der Waals surface area contributed by atoms with Gasteiger partial charge in [-0.1, -0.05) is 18.2 Å². The molecule has 1 aromatic carbocycles. The summed E-state index contributed by atoms with van der Waals surface area (Å²) in [5.41, 5.74) is 2.46. The van der Waals surface area contributed by atoms with E-state index in [-0.39, 0.29) is 5.91 Å². The Balaban J connectivity index is 1.44. The van der Waals surface area contributed by atoms with Gasteiger partial charge in [-0.2, -0.15) is 0 Å². The quantitative estimate of drug-likeness (QED) is 0.739. The average molecular weight is 424 g/mol. The molecule has 0 aliphatic carbocycles. The smallest absolute Gasteiger partial charge is 0.322 e. The number of nitrogens with zero attached hydrogens (tertiary/aromatic N) is 2. The van der Waals surface area contributed by atoms with Crippen molar-refractivity contribution in [2.24, 2.45) is 0 Å². The van der Waals surface area contributed by atoms with E-state index in [1.165, 1.54) is 17.7 Å². The minimum Gasteiger partial charge on any atom is -0.339 e. The number of benzene rings is 1. The van der Waals surface area contributed by atoms with Crippen LogP contribution in [0.2, 0.25) is 0 Å². The number of piperidine rings is 1. The molecule has 1 unspecified atom stereocenters. The van der Waals surface area contributed by atoms with E-state index in [0.29, 0.717) is 30.1 Å². The van der Waals surface area contributed by atoms with Crippen LogP contribution in [0.3, 0.4) is 0 Å². The summed E-state index contributed by atoms with van der Waals surface area (Å²) >= 11 is 0. The highest BCUT2D eigenvalue weighted by molar-refractivity contribution is 6.07. The summed E-state index contributed by atoms with van der Waals surface area (Å²) in [6.45, 7) is 4.29. The molecule has 8 heteroatoms. The lowest BCUT2D eigenvalue weighted by Crippen LogP contribution is -2.46. The third-order valence-electron chi connectivity index (χ3n) is 6.19. The number of likely N-dealkylation sites (tertiary alicyclic amines) is 1. The van der Waals surface area contributed by atoms with Crippen molar-refractivity contribution in [2.45, 2.75) is 38.1 Å². The van der Waals surface area contributed by atoms with Crippen LogP contribution in [0.25, 0.3) is 0 Å². The number of carbonyl (C=O) groups is 3. The molecule has 0 saturated carbocycles. The lowest BCUT2D eigenvalue weighted by molar-refractivity contribution is -0.124. The zero-order valence-corrected chi connectivity index (χ0v) is 17.6. The summed E-state index contributed by atoms with van der Waals surface area (Å²) in [7, 11) is 0. The van der Waals surface area contributed by atoms with Crippen molar-refractivity contribution >= 4 is 17.8 Å². The Kier molecular flexibility index (Phi) is 5.47. The van der Waals surface area contributed by atoms with Gasteiger partial charge in [0, 0.05) is 36.5 Å². The van der Waals surface area contributed by atoms with E-state index < -0.39 is 24.2 Å². The molecule has 31 heavy (non-hydrogen) atoms. The maximum absolute atomic E-state index is 13.7. The van der Waals surface area contributed by atoms with Gasteiger partial charge < -0.3 is 10.2 Å². The van der Waals surface area contributed by atoms with Gasteiger partial charge in [-0.3, -0.25) is 19.9 Å². The molecule has 3 heterocycles. The summed E-state index contributed by atoms with van der Waals surface area (Å²) in [5.74, 6) is -0.505. The Labute approximate surface area is 180 Å². The molecule has 1 aromatic heterocycles.